The Morgan fingerprint density at radius 1 is 1.22 bits per heavy atom. The van der Waals surface area contributed by atoms with E-state index in [0.29, 0.717) is 6.07 Å². The smallest absolute Gasteiger partial charge is 0.205 e. The summed E-state index contributed by atoms with van der Waals surface area (Å²) in [5, 5.41) is 15.8. The third kappa shape index (κ3) is 2.79. The van der Waals surface area contributed by atoms with Gasteiger partial charge >= 0.3 is 6.18 Å². The third-order valence-electron chi connectivity index (χ3n) is 1.96. The van der Waals surface area contributed by atoms with E-state index >= 15 is 0 Å². The lowest BCUT2D eigenvalue weighted by Crippen LogP contribution is -2.07. The largest absolute Gasteiger partial charge is 0.417 e. The quantitative estimate of drug-likeness (QED) is 0.575. The predicted molar refractivity (Wildman–Crippen MR) is 55.6 cm³/mol. The van der Waals surface area contributed by atoms with Crippen LogP contribution >= 0.6 is 11.6 Å². The van der Waals surface area contributed by atoms with E-state index < -0.39 is 28.2 Å². The first-order chi connectivity index (χ1) is 8.31. The molecule has 0 N–H and O–H groups in total. The second kappa shape index (κ2) is 5.07. The van der Waals surface area contributed by atoms with E-state index in [1.54, 1.807) is 0 Å². The first-order valence-corrected chi connectivity index (χ1v) is 4.76. The van der Waals surface area contributed by atoms with Gasteiger partial charge in [0.2, 0.25) is 0 Å². The number of hydrogen-bond acceptors (Lipinski definition) is 2. The molecule has 7 heteroatoms. The number of halogens is 5. The lowest BCUT2D eigenvalue weighted by molar-refractivity contribution is -0.137. The van der Waals surface area contributed by atoms with Crippen LogP contribution in [0.25, 0.3) is 6.08 Å². The summed E-state index contributed by atoms with van der Waals surface area (Å²) in [6.45, 7) is 0. The molecular formula is C11H3ClF4N2. The fraction of sp³-hybridized carbons (Fsp3) is 0.0909. The zero-order valence-corrected chi connectivity index (χ0v) is 9.27. The summed E-state index contributed by atoms with van der Waals surface area (Å²) >= 11 is 5.26. The normalized spacial score (nSPS) is 10.4. The molecular weight excluding hydrogens is 272 g/mol. The molecule has 0 fully saturated rings. The monoisotopic (exact) mass is 274 g/mol. The maximum absolute atomic E-state index is 13.5. The van der Waals surface area contributed by atoms with Gasteiger partial charge in [0.05, 0.1) is 10.6 Å². The van der Waals surface area contributed by atoms with Gasteiger partial charge in [-0.15, -0.1) is 0 Å². The summed E-state index contributed by atoms with van der Waals surface area (Å²) in [4.78, 5) is 0. The van der Waals surface area contributed by atoms with Gasteiger partial charge in [0, 0.05) is 5.56 Å². The number of benzene rings is 1. The minimum atomic E-state index is -4.77. The molecule has 1 rings (SSSR count). The molecule has 0 spiro atoms. The first kappa shape index (κ1) is 14.0. The highest BCUT2D eigenvalue weighted by atomic mass is 35.5. The summed E-state index contributed by atoms with van der Waals surface area (Å²) in [5.41, 5.74) is -2.11. The van der Waals surface area contributed by atoms with Crippen LogP contribution in [0.1, 0.15) is 11.1 Å². The zero-order valence-electron chi connectivity index (χ0n) is 8.52. The molecule has 0 saturated carbocycles. The molecule has 1 aromatic rings. The Hall–Kier alpha value is -2.05. The van der Waals surface area contributed by atoms with E-state index in [0.717, 1.165) is 12.1 Å². The van der Waals surface area contributed by atoms with Crippen molar-refractivity contribution < 1.29 is 17.6 Å². The van der Waals surface area contributed by atoms with Crippen LogP contribution < -0.4 is 0 Å². The van der Waals surface area contributed by atoms with Crippen LogP contribution in [0.2, 0.25) is 5.02 Å². The van der Waals surface area contributed by atoms with Crippen LogP contribution in [0.15, 0.2) is 17.7 Å². The first-order valence-electron chi connectivity index (χ1n) is 4.38. The van der Waals surface area contributed by atoms with Crippen LogP contribution in [0.3, 0.4) is 0 Å². The molecule has 2 nitrogen and oxygen atoms in total. The van der Waals surface area contributed by atoms with Crippen molar-refractivity contribution >= 4 is 17.7 Å². The van der Waals surface area contributed by atoms with Crippen LogP contribution in [0, 0.1) is 28.5 Å². The topological polar surface area (TPSA) is 47.6 Å². The molecule has 0 unspecified atom stereocenters. The van der Waals surface area contributed by atoms with Gasteiger partial charge in [0.15, 0.2) is 0 Å². The molecule has 18 heavy (non-hydrogen) atoms. The van der Waals surface area contributed by atoms with Crippen LogP contribution in [0.5, 0.6) is 0 Å². The number of nitriles is 2. The van der Waals surface area contributed by atoms with E-state index in [-0.39, 0.29) is 5.56 Å². The Bertz CT molecular complexity index is 575. The summed E-state index contributed by atoms with van der Waals surface area (Å²) in [6, 6.07) is 4.31. The van der Waals surface area contributed by atoms with Crippen molar-refractivity contribution in [2.45, 2.75) is 6.18 Å². The lowest BCUT2D eigenvalue weighted by atomic mass is 10.1. The van der Waals surface area contributed by atoms with Gasteiger partial charge in [-0.3, -0.25) is 0 Å². The molecule has 1 aromatic carbocycles. The van der Waals surface area contributed by atoms with Crippen LogP contribution in [-0.2, 0) is 6.18 Å². The van der Waals surface area contributed by atoms with E-state index in [1.165, 1.54) is 12.1 Å². The average Bonchev–Trinajstić information content (AvgIpc) is 2.29. The van der Waals surface area contributed by atoms with Crippen molar-refractivity contribution in [1.82, 2.24) is 0 Å². The molecule has 0 aliphatic carbocycles. The van der Waals surface area contributed by atoms with Crippen molar-refractivity contribution in [3.8, 4) is 12.1 Å². The SMILES string of the molecule is N#CC(C#N)=Cc1ccc(C(F)(F)F)c(Cl)c1F. The van der Waals surface area contributed by atoms with E-state index in [1.807, 2.05) is 0 Å². The lowest BCUT2D eigenvalue weighted by Gasteiger charge is -2.10. The number of allylic oxidation sites excluding steroid dienone is 1. The van der Waals surface area contributed by atoms with Crippen molar-refractivity contribution in [3.63, 3.8) is 0 Å². The molecule has 0 amide bonds. The van der Waals surface area contributed by atoms with Crippen molar-refractivity contribution in [2.24, 2.45) is 0 Å². The molecule has 0 heterocycles. The Kier molecular flexibility index (Phi) is 3.95. The summed E-state index contributed by atoms with van der Waals surface area (Å²) < 4.78 is 50.7. The molecule has 0 atom stereocenters. The molecule has 0 saturated heterocycles. The maximum Gasteiger partial charge on any atom is 0.417 e. The Balaban J connectivity index is 3.40. The molecule has 0 aliphatic rings. The average molecular weight is 275 g/mol. The molecule has 0 bridgehead atoms. The minimum absolute atomic E-state index is 0.355. The Labute approximate surface area is 104 Å². The summed E-state index contributed by atoms with van der Waals surface area (Å²) in [6.07, 6.45) is -3.95. The highest BCUT2D eigenvalue weighted by Gasteiger charge is 2.34. The van der Waals surface area contributed by atoms with Gasteiger partial charge in [0.1, 0.15) is 23.5 Å². The summed E-state index contributed by atoms with van der Waals surface area (Å²) in [5.74, 6) is -1.32. The number of nitrogens with zero attached hydrogens (tertiary/aromatic N) is 2. The van der Waals surface area contributed by atoms with Crippen LogP contribution in [0.4, 0.5) is 17.6 Å². The fourth-order valence-corrected chi connectivity index (χ4v) is 1.42. The van der Waals surface area contributed by atoms with Gasteiger partial charge in [-0.2, -0.15) is 23.7 Å². The minimum Gasteiger partial charge on any atom is -0.205 e. The number of alkyl halides is 3. The predicted octanol–water partition coefficient (Wildman–Crippen LogP) is 3.93. The molecule has 0 radical (unpaired) electrons. The van der Waals surface area contributed by atoms with Crippen molar-refractivity contribution in [2.75, 3.05) is 0 Å². The highest BCUT2D eigenvalue weighted by Crippen LogP contribution is 2.37. The van der Waals surface area contributed by atoms with E-state index in [9.17, 15) is 17.6 Å². The van der Waals surface area contributed by atoms with E-state index in [2.05, 4.69) is 0 Å². The summed E-state index contributed by atoms with van der Waals surface area (Å²) in [7, 11) is 0. The van der Waals surface area contributed by atoms with Gasteiger partial charge in [-0.05, 0) is 12.1 Å². The highest BCUT2D eigenvalue weighted by molar-refractivity contribution is 6.31. The van der Waals surface area contributed by atoms with Gasteiger partial charge in [-0.25, -0.2) is 4.39 Å². The van der Waals surface area contributed by atoms with Gasteiger partial charge in [-0.1, -0.05) is 17.7 Å². The van der Waals surface area contributed by atoms with Gasteiger partial charge in [0.25, 0.3) is 0 Å². The Morgan fingerprint density at radius 3 is 2.22 bits per heavy atom. The van der Waals surface area contributed by atoms with Gasteiger partial charge < -0.3 is 0 Å². The standard InChI is InChI=1S/C11H3ClF4N2/c12-9-8(11(14,15)16)2-1-7(10(9)13)3-6(4-17)5-18/h1-3H. The molecule has 0 aromatic heterocycles. The van der Waals surface area contributed by atoms with Crippen molar-refractivity contribution in [1.29, 1.82) is 10.5 Å². The molecule has 92 valence electrons. The third-order valence-corrected chi connectivity index (χ3v) is 2.33. The van der Waals surface area contributed by atoms with E-state index in [4.69, 9.17) is 22.1 Å². The number of rotatable bonds is 1. The Morgan fingerprint density at radius 2 is 1.78 bits per heavy atom. The maximum atomic E-state index is 13.5. The second-order valence-corrected chi connectivity index (χ2v) is 3.49. The fourth-order valence-electron chi connectivity index (χ4n) is 1.14. The zero-order chi connectivity index (χ0) is 13.9. The second-order valence-electron chi connectivity index (χ2n) is 3.11. The molecule has 0 aliphatic heterocycles. The number of hydrogen-bond donors (Lipinski definition) is 0. The van der Waals surface area contributed by atoms with Crippen molar-refractivity contribution in [3.05, 3.63) is 39.7 Å². The van der Waals surface area contributed by atoms with Crippen LogP contribution in [-0.4, -0.2) is 0 Å².